The van der Waals surface area contributed by atoms with Crippen LogP contribution in [0.2, 0.25) is 0 Å². The van der Waals surface area contributed by atoms with Gasteiger partial charge < -0.3 is 10.6 Å². The third kappa shape index (κ3) is 3.71. The third-order valence-corrected chi connectivity index (χ3v) is 5.56. The zero-order chi connectivity index (χ0) is 23.3. The highest BCUT2D eigenvalue weighted by molar-refractivity contribution is 7.59. The molecule has 34 heavy (non-hydrogen) atoms. The van der Waals surface area contributed by atoms with Crippen molar-refractivity contribution in [3.05, 3.63) is 76.4 Å². The van der Waals surface area contributed by atoms with Crippen LogP contribution in [0.4, 0.5) is 16.2 Å². The van der Waals surface area contributed by atoms with Gasteiger partial charge in [-0.1, -0.05) is 18.2 Å². The van der Waals surface area contributed by atoms with E-state index >= 15 is 0 Å². The molecule has 1 atom stereocenters. The van der Waals surface area contributed by atoms with Gasteiger partial charge in [-0.3, -0.25) is 19.0 Å². The van der Waals surface area contributed by atoms with Gasteiger partial charge in [-0.25, -0.2) is 13.9 Å². The summed E-state index contributed by atoms with van der Waals surface area (Å²) < 4.78 is 16.8. The monoisotopic (exact) mass is 481 g/mol. The van der Waals surface area contributed by atoms with Gasteiger partial charge in [0.25, 0.3) is 5.56 Å². The first-order valence-corrected chi connectivity index (χ1v) is 10.1. The van der Waals surface area contributed by atoms with Gasteiger partial charge >= 0.3 is 0 Å². The minimum Gasteiger partial charge on any atom is -0.368 e. The van der Waals surface area contributed by atoms with Gasteiger partial charge in [-0.15, -0.1) is 0 Å². The Morgan fingerprint density at radius 1 is 1.18 bits per heavy atom. The highest BCUT2D eigenvalue weighted by Gasteiger charge is 2.38. The first-order valence-electron chi connectivity index (χ1n) is 10.1. The van der Waals surface area contributed by atoms with Crippen molar-refractivity contribution in [1.29, 1.82) is 0 Å². The molecule has 1 aromatic carbocycles. The molecule has 4 aromatic rings. The average molecular weight is 482 g/mol. The number of anilines is 2. The molecule has 0 unspecified atom stereocenters. The topological polar surface area (TPSA) is 128 Å². The lowest BCUT2D eigenvalue weighted by molar-refractivity contribution is -0.116. The summed E-state index contributed by atoms with van der Waals surface area (Å²) in [5, 5.41) is 4.51. The van der Waals surface area contributed by atoms with Crippen molar-refractivity contribution in [2.45, 2.75) is 19.4 Å². The van der Waals surface area contributed by atoms with E-state index in [1.165, 1.54) is 23.9 Å². The molecule has 12 heteroatoms. The maximum Gasteiger partial charge on any atom is 0.285 e. The smallest absolute Gasteiger partial charge is 0.285 e. The second kappa shape index (κ2) is 8.71. The minimum absolute atomic E-state index is 0. The molecule has 4 heterocycles. The van der Waals surface area contributed by atoms with E-state index < -0.39 is 17.4 Å². The molecule has 5 rings (SSSR count). The molecule has 0 radical (unpaired) electrons. The molecule has 3 aromatic heterocycles. The zero-order valence-electron chi connectivity index (χ0n) is 18.0. The number of hydrogen-bond donors (Lipinski definition) is 1. The molecule has 2 N–H and O–H groups in total. The van der Waals surface area contributed by atoms with Crippen LogP contribution in [0.1, 0.15) is 35.6 Å². The molecule has 10 nitrogen and oxygen atoms in total. The summed E-state index contributed by atoms with van der Waals surface area (Å²) in [4.78, 5) is 47.9. The van der Waals surface area contributed by atoms with Crippen LogP contribution in [0.25, 0.3) is 11.2 Å². The summed E-state index contributed by atoms with van der Waals surface area (Å²) >= 11 is 0. The van der Waals surface area contributed by atoms with Crippen LogP contribution in [-0.2, 0) is 4.79 Å². The number of carbonyl (C=O) groups excluding carboxylic acids is 2. The number of rotatable bonds is 4. The number of nitrogens with two attached hydrogens (primary N) is 1. The maximum atomic E-state index is 14.4. The highest BCUT2D eigenvalue weighted by Crippen LogP contribution is 2.35. The number of Topliss-reactive ketones (excluding diaryl/α,β-unsaturated/α-hetero) is 2. The standard InChI is InChI=1S/C22H18FN7O3.H2S/c1-12(31)15-10-25-22(24)26-19(15)28-11-14(32)9-17(28)20-27-29-8-7-16(23)18(29)21(33)30(20)13-5-3-2-4-6-13;/h2-8,10,17H,9,11H2,1H3,(H2,24,25,26);1H2/t17-;/m0./s1. The molecule has 0 bridgehead atoms. The average Bonchev–Trinajstić information content (AvgIpc) is 3.36. The lowest BCUT2D eigenvalue weighted by atomic mass is 10.1. The van der Waals surface area contributed by atoms with E-state index in [4.69, 9.17) is 5.73 Å². The van der Waals surface area contributed by atoms with Gasteiger partial charge in [-0.2, -0.15) is 23.6 Å². The number of nitrogens with zero attached hydrogens (tertiary/aromatic N) is 6. The maximum absolute atomic E-state index is 14.4. The third-order valence-electron chi connectivity index (χ3n) is 5.56. The Morgan fingerprint density at radius 3 is 2.62 bits per heavy atom. The molecule has 0 aliphatic carbocycles. The van der Waals surface area contributed by atoms with Crippen LogP contribution in [0.15, 0.2) is 53.6 Å². The van der Waals surface area contributed by atoms with E-state index in [-0.39, 0.29) is 66.7 Å². The van der Waals surface area contributed by atoms with Crippen molar-refractivity contribution < 1.29 is 14.0 Å². The lowest BCUT2D eigenvalue weighted by Crippen LogP contribution is -2.34. The largest absolute Gasteiger partial charge is 0.368 e. The Hall–Kier alpha value is -4.06. The van der Waals surface area contributed by atoms with Crippen LogP contribution in [-0.4, -0.2) is 42.3 Å². The molecule has 1 saturated heterocycles. The highest BCUT2D eigenvalue weighted by atomic mass is 32.1. The molecular weight excluding hydrogens is 461 g/mol. The molecule has 0 amide bonds. The summed E-state index contributed by atoms with van der Waals surface area (Å²) in [5.41, 5.74) is 5.58. The molecule has 1 aliphatic heterocycles. The summed E-state index contributed by atoms with van der Waals surface area (Å²) in [6.45, 7) is 1.29. The van der Waals surface area contributed by atoms with Crippen molar-refractivity contribution in [1.82, 2.24) is 24.1 Å². The molecule has 0 saturated carbocycles. The van der Waals surface area contributed by atoms with Crippen LogP contribution in [0.3, 0.4) is 0 Å². The lowest BCUT2D eigenvalue weighted by Gasteiger charge is -2.27. The first-order chi connectivity index (χ1) is 15.8. The van der Waals surface area contributed by atoms with Crippen molar-refractivity contribution >= 4 is 42.3 Å². The summed E-state index contributed by atoms with van der Waals surface area (Å²) in [7, 11) is 0. The van der Waals surface area contributed by atoms with Crippen LogP contribution in [0, 0.1) is 5.82 Å². The predicted octanol–water partition coefficient (Wildman–Crippen LogP) is 1.83. The summed E-state index contributed by atoms with van der Waals surface area (Å²) in [6, 6.07) is 9.03. The number of para-hydroxylation sites is 1. The van der Waals surface area contributed by atoms with Gasteiger partial charge in [0.05, 0.1) is 23.8 Å². The minimum atomic E-state index is -0.757. The fourth-order valence-corrected chi connectivity index (χ4v) is 4.09. The second-order valence-corrected chi connectivity index (χ2v) is 7.70. The van der Waals surface area contributed by atoms with E-state index in [1.807, 2.05) is 0 Å². The van der Waals surface area contributed by atoms with Gasteiger partial charge in [0.15, 0.2) is 28.7 Å². The fourth-order valence-electron chi connectivity index (χ4n) is 4.09. The van der Waals surface area contributed by atoms with Gasteiger partial charge in [0, 0.05) is 18.8 Å². The van der Waals surface area contributed by atoms with Gasteiger partial charge in [-0.05, 0) is 25.1 Å². The summed E-state index contributed by atoms with van der Waals surface area (Å²) in [5.74, 6) is -0.834. The van der Waals surface area contributed by atoms with E-state index in [1.54, 1.807) is 35.2 Å². The van der Waals surface area contributed by atoms with E-state index in [9.17, 15) is 18.8 Å². The van der Waals surface area contributed by atoms with Crippen molar-refractivity contribution in [2.24, 2.45) is 0 Å². The van der Waals surface area contributed by atoms with Gasteiger partial charge in [0.2, 0.25) is 5.95 Å². The zero-order valence-corrected chi connectivity index (χ0v) is 19.0. The van der Waals surface area contributed by atoms with E-state index in [2.05, 4.69) is 15.1 Å². The van der Waals surface area contributed by atoms with E-state index in [0.717, 1.165) is 10.6 Å². The quantitative estimate of drug-likeness (QED) is 0.437. The normalized spacial score (nSPS) is 15.5. The summed E-state index contributed by atoms with van der Waals surface area (Å²) in [6.07, 6.45) is 2.66. The SMILES string of the molecule is CC(=O)c1cnc(N)nc1N1CC(=O)C[C@H]1c1nn2ccc(F)c2c(=O)n1-c1ccccc1.S. The molecule has 0 spiro atoms. The van der Waals surface area contributed by atoms with E-state index in [0.29, 0.717) is 5.69 Å². The molecule has 1 aliphatic rings. The van der Waals surface area contributed by atoms with Crippen LogP contribution >= 0.6 is 13.5 Å². The Labute approximate surface area is 199 Å². The number of benzene rings is 1. The Balaban J connectivity index is 0.00000274. The number of aromatic nitrogens is 5. The number of fused-ring (bicyclic) bond motifs is 1. The molecule has 174 valence electrons. The fraction of sp³-hybridized carbons (Fsp3) is 0.182. The molecular formula is C22H20FN7O3S. The molecule has 1 fully saturated rings. The number of ketones is 2. The Morgan fingerprint density at radius 2 is 1.91 bits per heavy atom. The van der Waals surface area contributed by atoms with Gasteiger partial charge in [0.1, 0.15) is 5.82 Å². The van der Waals surface area contributed by atoms with Crippen molar-refractivity contribution in [3.63, 3.8) is 0 Å². The van der Waals surface area contributed by atoms with Crippen LogP contribution in [0.5, 0.6) is 0 Å². The second-order valence-electron chi connectivity index (χ2n) is 7.70. The number of carbonyl (C=O) groups is 2. The predicted molar refractivity (Wildman–Crippen MR) is 127 cm³/mol. The number of halogens is 1. The van der Waals surface area contributed by atoms with Crippen LogP contribution < -0.4 is 16.2 Å². The Bertz CT molecular complexity index is 1490. The Kier molecular flexibility index (Phi) is 5.92. The van der Waals surface area contributed by atoms with Crippen molar-refractivity contribution in [2.75, 3.05) is 17.2 Å². The number of hydrogen-bond acceptors (Lipinski definition) is 8. The number of nitrogen functional groups attached to an aromatic ring is 1. The first kappa shape index (κ1) is 23.1. The van der Waals surface area contributed by atoms with Crippen molar-refractivity contribution in [3.8, 4) is 5.69 Å².